The van der Waals surface area contributed by atoms with Gasteiger partial charge in [-0.3, -0.25) is 10.1 Å². The van der Waals surface area contributed by atoms with E-state index in [0.29, 0.717) is 18.1 Å². The highest BCUT2D eigenvalue weighted by Crippen LogP contribution is 2.30. The lowest BCUT2D eigenvalue weighted by atomic mass is 9.96. The lowest BCUT2D eigenvalue weighted by molar-refractivity contribution is -0.0418. The number of amides is 2. The average Bonchev–Trinajstić information content (AvgIpc) is 2.94. The molecular weight excluding hydrogens is 500 g/mol. The van der Waals surface area contributed by atoms with Gasteiger partial charge in [-0.15, -0.1) is 0 Å². The third-order valence-corrected chi connectivity index (χ3v) is 7.23. The van der Waals surface area contributed by atoms with Gasteiger partial charge in [0.1, 0.15) is 5.75 Å². The van der Waals surface area contributed by atoms with Gasteiger partial charge in [-0.2, -0.15) is 0 Å². The predicted molar refractivity (Wildman–Crippen MR) is 151 cm³/mol. The summed E-state index contributed by atoms with van der Waals surface area (Å²) in [6, 6.07) is 26.5. The second-order valence-electron chi connectivity index (χ2n) is 9.65. The smallest absolute Gasteiger partial charge is 0.338 e. The topological polar surface area (TPSA) is 82.3 Å². The lowest BCUT2D eigenvalue weighted by Crippen LogP contribution is -2.48. The minimum atomic E-state index is -0.856. The van der Waals surface area contributed by atoms with Gasteiger partial charge < -0.3 is 15.4 Å². The van der Waals surface area contributed by atoms with E-state index in [4.69, 9.17) is 22.1 Å². The van der Waals surface area contributed by atoms with Crippen molar-refractivity contribution in [2.24, 2.45) is 5.73 Å². The molecule has 1 atom stereocenters. The summed E-state index contributed by atoms with van der Waals surface area (Å²) in [5.41, 5.74) is 8.87. The fourth-order valence-electron chi connectivity index (χ4n) is 4.91. The Morgan fingerprint density at radius 1 is 0.921 bits per heavy atom. The van der Waals surface area contributed by atoms with Crippen molar-refractivity contribution < 1.29 is 14.7 Å². The van der Waals surface area contributed by atoms with E-state index in [9.17, 15) is 10.0 Å². The largest absolute Gasteiger partial charge is 0.494 e. The van der Waals surface area contributed by atoms with E-state index in [1.165, 1.54) is 16.7 Å². The summed E-state index contributed by atoms with van der Waals surface area (Å²) in [5.74, 6) is 0.780. The Labute approximate surface area is 230 Å². The van der Waals surface area contributed by atoms with Crippen LogP contribution in [-0.2, 0) is 6.42 Å². The van der Waals surface area contributed by atoms with Crippen LogP contribution in [0.15, 0.2) is 78.9 Å². The van der Waals surface area contributed by atoms with Gasteiger partial charge >= 0.3 is 6.03 Å². The zero-order valence-corrected chi connectivity index (χ0v) is 22.5. The van der Waals surface area contributed by atoms with Crippen LogP contribution in [0.5, 0.6) is 5.75 Å². The molecular formula is C30H37ClN4O3. The van der Waals surface area contributed by atoms with Gasteiger partial charge in [-0.25, -0.2) is 9.86 Å². The number of piperazine rings is 1. The van der Waals surface area contributed by atoms with Crippen LogP contribution >= 0.6 is 11.6 Å². The van der Waals surface area contributed by atoms with Crippen LogP contribution in [0, 0.1) is 0 Å². The molecule has 0 radical (unpaired) electrons. The molecule has 7 nitrogen and oxygen atoms in total. The molecule has 1 fully saturated rings. The number of carbonyl (C=O) groups is 1. The molecule has 1 heterocycles. The number of hydroxylamine groups is 2. The molecule has 1 aliphatic rings. The molecule has 1 unspecified atom stereocenters. The first-order valence-corrected chi connectivity index (χ1v) is 13.6. The standard InChI is InChI=1S/C30H37ClN4O3/c31-27-13-11-26(12-14-27)29(25-7-2-1-3-8-25)34-21-19-33(20-22-34)17-4-6-24-9-15-28(16-10-24)38-23-5-18-35(37)30(32)36/h1-3,7-16,29,37H,4-6,17-23H2,(H2,32,36). The Morgan fingerprint density at radius 2 is 1.58 bits per heavy atom. The summed E-state index contributed by atoms with van der Waals surface area (Å²) in [6.07, 6.45) is 2.63. The highest BCUT2D eigenvalue weighted by atomic mass is 35.5. The minimum Gasteiger partial charge on any atom is -0.494 e. The van der Waals surface area contributed by atoms with Gasteiger partial charge in [-0.1, -0.05) is 66.2 Å². The summed E-state index contributed by atoms with van der Waals surface area (Å²) in [4.78, 5) is 15.9. The van der Waals surface area contributed by atoms with E-state index >= 15 is 0 Å². The van der Waals surface area contributed by atoms with E-state index in [0.717, 1.165) is 56.3 Å². The molecule has 0 bridgehead atoms. The van der Waals surface area contributed by atoms with E-state index in [1.807, 2.05) is 24.3 Å². The number of primary amides is 1. The van der Waals surface area contributed by atoms with Crippen molar-refractivity contribution in [1.29, 1.82) is 0 Å². The molecule has 3 aromatic rings. The number of benzene rings is 3. The Bertz CT molecular complexity index is 1120. The van der Waals surface area contributed by atoms with Crippen molar-refractivity contribution >= 4 is 17.6 Å². The second kappa shape index (κ2) is 14.2. The number of aryl methyl sites for hydroxylation is 1. The quantitative estimate of drug-likeness (QED) is 0.188. The lowest BCUT2D eigenvalue weighted by Gasteiger charge is -2.40. The fourth-order valence-corrected chi connectivity index (χ4v) is 5.04. The molecule has 0 saturated carbocycles. The number of urea groups is 1. The molecule has 3 aromatic carbocycles. The van der Waals surface area contributed by atoms with E-state index in [2.05, 4.69) is 64.4 Å². The van der Waals surface area contributed by atoms with Crippen LogP contribution in [0.1, 0.15) is 35.6 Å². The Hall–Kier alpha value is -3.10. The van der Waals surface area contributed by atoms with Crippen molar-refractivity contribution in [2.45, 2.75) is 25.3 Å². The molecule has 3 N–H and O–H groups in total. The molecule has 0 spiro atoms. The van der Waals surface area contributed by atoms with Gasteiger partial charge in [0.2, 0.25) is 0 Å². The highest BCUT2D eigenvalue weighted by Gasteiger charge is 2.26. The van der Waals surface area contributed by atoms with E-state index < -0.39 is 6.03 Å². The van der Waals surface area contributed by atoms with Crippen LogP contribution < -0.4 is 10.5 Å². The van der Waals surface area contributed by atoms with Crippen LogP contribution in [0.3, 0.4) is 0 Å². The SMILES string of the molecule is NC(=O)N(O)CCCOc1ccc(CCCN2CCN(C(c3ccccc3)c3ccc(Cl)cc3)CC2)cc1. The maximum absolute atomic E-state index is 10.8. The Morgan fingerprint density at radius 3 is 2.24 bits per heavy atom. The van der Waals surface area contributed by atoms with Gasteiger partial charge in [-0.05, 0) is 60.3 Å². The number of ether oxygens (including phenoxy) is 1. The maximum atomic E-state index is 10.8. The molecule has 1 aliphatic heterocycles. The van der Waals surface area contributed by atoms with Crippen LogP contribution in [-0.4, -0.2) is 72.0 Å². The number of rotatable bonds is 12. The van der Waals surface area contributed by atoms with Gasteiger partial charge in [0, 0.05) is 37.6 Å². The number of nitrogens with zero attached hydrogens (tertiary/aromatic N) is 3. The van der Waals surface area contributed by atoms with E-state index in [-0.39, 0.29) is 12.6 Å². The van der Waals surface area contributed by atoms with Crippen molar-refractivity contribution in [1.82, 2.24) is 14.9 Å². The molecule has 0 aromatic heterocycles. The molecule has 4 rings (SSSR count). The predicted octanol–water partition coefficient (Wildman–Crippen LogP) is 5.22. The normalized spacial score (nSPS) is 15.2. The number of hydrogen-bond acceptors (Lipinski definition) is 5. The third-order valence-electron chi connectivity index (χ3n) is 6.97. The summed E-state index contributed by atoms with van der Waals surface area (Å²) in [5, 5.41) is 10.5. The van der Waals surface area contributed by atoms with Crippen molar-refractivity contribution in [3.05, 3.63) is 101 Å². The third kappa shape index (κ3) is 8.20. The molecule has 1 saturated heterocycles. The highest BCUT2D eigenvalue weighted by molar-refractivity contribution is 6.30. The van der Waals surface area contributed by atoms with Gasteiger partial charge in [0.25, 0.3) is 0 Å². The summed E-state index contributed by atoms with van der Waals surface area (Å²) < 4.78 is 5.68. The first-order chi connectivity index (χ1) is 18.5. The number of hydrogen-bond donors (Lipinski definition) is 2. The molecule has 8 heteroatoms. The first kappa shape index (κ1) is 27.9. The fraction of sp³-hybridized carbons (Fsp3) is 0.367. The molecule has 202 valence electrons. The van der Waals surface area contributed by atoms with Crippen LogP contribution in [0.2, 0.25) is 5.02 Å². The van der Waals surface area contributed by atoms with Gasteiger partial charge in [0.15, 0.2) is 0 Å². The zero-order valence-electron chi connectivity index (χ0n) is 21.7. The molecule has 2 amide bonds. The monoisotopic (exact) mass is 536 g/mol. The zero-order chi connectivity index (χ0) is 26.7. The maximum Gasteiger partial charge on any atom is 0.338 e. The molecule has 38 heavy (non-hydrogen) atoms. The van der Waals surface area contributed by atoms with Crippen LogP contribution in [0.25, 0.3) is 0 Å². The first-order valence-electron chi connectivity index (χ1n) is 13.2. The van der Waals surface area contributed by atoms with Crippen LogP contribution in [0.4, 0.5) is 4.79 Å². The summed E-state index contributed by atoms with van der Waals surface area (Å²) >= 11 is 6.16. The minimum absolute atomic E-state index is 0.149. The summed E-state index contributed by atoms with van der Waals surface area (Å²) in [7, 11) is 0. The summed E-state index contributed by atoms with van der Waals surface area (Å²) in [6.45, 7) is 5.81. The Balaban J connectivity index is 1.20. The average molecular weight is 537 g/mol. The Kier molecular flexibility index (Phi) is 10.4. The van der Waals surface area contributed by atoms with Crippen molar-refractivity contribution in [3.8, 4) is 5.75 Å². The number of nitrogens with two attached hydrogens (primary N) is 1. The molecule has 0 aliphatic carbocycles. The van der Waals surface area contributed by atoms with Crippen molar-refractivity contribution in [3.63, 3.8) is 0 Å². The van der Waals surface area contributed by atoms with E-state index in [1.54, 1.807) is 0 Å². The second-order valence-corrected chi connectivity index (χ2v) is 10.1. The van der Waals surface area contributed by atoms with Crippen molar-refractivity contribution in [2.75, 3.05) is 45.9 Å². The number of carbonyl (C=O) groups excluding carboxylic acids is 1. The number of halogens is 1. The van der Waals surface area contributed by atoms with Gasteiger partial charge in [0.05, 0.1) is 19.2 Å².